The Kier molecular flexibility index (Phi) is 6.84. The molecule has 0 aliphatic carbocycles. The molecule has 1 rings (SSSR count). The predicted molar refractivity (Wildman–Crippen MR) is 35.3 cm³/mol. The van der Waals surface area contributed by atoms with E-state index in [1.165, 1.54) is 0 Å². The standard InChI is InChI=1S/C3H6O2.C3H8O2/c1-2-5-3-4-1;1-2-3(4)5/h1-3H2;3-5H,2H2,1H3. The monoisotopic (exact) mass is 150 g/mol. The molecule has 1 aliphatic rings. The molecule has 1 fully saturated rings. The highest BCUT2D eigenvalue weighted by Gasteiger charge is 1.93. The summed E-state index contributed by atoms with van der Waals surface area (Å²) in [5.74, 6) is 0. The van der Waals surface area contributed by atoms with Crippen molar-refractivity contribution in [2.75, 3.05) is 20.0 Å². The van der Waals surface area contributed by atoms with E-state index in [9.17, 15) is 0 Å². The third-order valence-corrected chi connectivity index (χ3v) is 0.904. The zero-order valence-electron chi connectivity index (χ0n) is 6.12. The van der Waals surface area contributed by atoms with Crippen LogP contribution in [0.15, 0.2) is 0 Å². The third kappa shape index (κ3) is 7.84. The van der Waals surface area contributed by atoms with Crippen molar-refractivity contribution in [2.24, 2.45) is 0 Å². The van der Waals surface area contributed by atoms with Crippen molar-refractivity contribution in [3.05, 3.63) is 0 Å². The minimum absolute atomic E-state index is 0.417. The molecule has 4 nitrogen and oxygen atoms in total. The lowest BCUT2D eigenvalue weighted by molar-refractivity contribution is -0.0413. The van der Waals surface area contributed by atoms with Gasteiger partial charge in [-0.2, -0.15) is 0 Å². The van der Waals surface area contributed by atoms with E-state index in [-0.39, 0.29) is 0 Å². The number of ether oxygens (including phenoxy) is 2. The average Bonchev–Trinajstić information content (AvgIpc) is 2.43. The Balaban J connectivity index is 0.000000162. The fourth-order valence-corrected chi connectivity index (χ4v) is 0.295. The summed E-state index contributed by atoms with van der Waals surface area (Å²) in [6.45, 7) is 3.75. The SMILES string of the molecule is C1COCO1.CCC(O)O. The summed E-state index contributed by atoms with van der Waals surface area (Å²) in [5, 5.41) is 15.8. The van der Waals surface area contributed by atoms with Crippen LogP contribution in [-0.2, 0) is 9.47 Å². The van der Waals surface area contributed by atoms with Crippen LogP contribution in [0.5, 0.6) is 0 Å². The van der Waals surface area contributed by atoms with E-state index in [1.54, 1.807) is 6.92 Å². The fourth-order valence-electron chi connectivity index (χ4n) is 0.295. The van der Waals surface area contributed by atoms with Crippen molar-refractivity contribution in [3.8, 4) is 0 Å². The zero-order valence-corrected chi connectivity index (χ0v) is 6.12. The number of hydrogen-bond acceptors (Lipinski definition) is 4. The van der Waals surface area contributed by atoms with Gasteiger partial charge in [-0.3, -0.25) is 0 Å². The Morgan fingerprint density at radius 3 is 1.80 bits per heavy atom. The number of aliphatic hydroxyl groups excluding tert-OH is 1. The summed E-state index contributed by atoms with van der Waals surface area (Å²) in [6.07, 6.45) is -0.699. The van der Waals surface area contributed by atoms with Gasteiger partial charge in [0.1, 0.15) is 6.79 Å². The first-order chi connectivity index (χ1) is 4.77. The molecular formula is C6H14O4. The van der Waals surface area contributed by atoms with Gasteiger partial charge in [0.25, 0.3) is 0 Å². The van der Waals surface area contributed by atoms with E-state index in [2.05, 4.69) is 0 Å². The van der Waals surface area contributed by atoms with E-state index >= 15 is 0 Å². The molecule has 0 spiro atoms. The first-order valence-corrected chi connectivity index (χ1v) is 3.29. The Labute approximate surface area is 60.4 Å². The maximum absolute atomic E-state index is 7.92. The topological polar surface area (TPSA) is 58.9 Å². The minimum atomic E-state index is -1.12. The predicted octanol–water partition coefficient (Wildman–Crippen LogP) is -0.302. The van der Waals surface area contributed by atoms with Gasteiger partial charge in [0.2, 0.25) is 0 Å². The smallest absolute Gasteiger partial charge is 0.151 e. The molecule has 0 saturated carbocycles. The molecule has 0 aromatic heterocycles. The number of rotatable bonds is 1. The molecule has 0 bridgehead atoms. The largest absolute Gasteiger partial charge is 0.368 e. The van der Waals surface area contributed by atoms with Crippen LogP contribution in [-0.4, -0.2) is 36.5 Å². The Bertz CT molecular complexity index is 53.2. The highest BCUT2D eigenvalue weighted by atomic mass is 16.7. The lowest BCUT2D eigenvalue weighted by Crippen LogP contribution is -1.99. The van der Waals surface area contributed by atoms with Crippen LogP contribution in [0.3, 0.4) is 0 Å². The van der Waals surface area contributed by atoms with Gasteiger partial charge in [-0.25, -0.2) is 0 Å². The van der Waals surface area contributed by atoms with E-state index < -0.39 is 6.29 Å². The molecule has 0 radical (unpaired) electrons. The van der Waals surface area contributed by atoms with Gasteiger partial charge in [-0.15, -0.1) is 0 Å². The van der Waals surface area contributed by atoms with Gasteiger partial charge in [-0.1, -0.05) is 6.92 Å². The highest BCUT2D eigenvalue weighted by Crippen LogP contribution is 1.85. The fraction of sp³-hybridized carbons (Fsp3) is 1.00. The van der Waals surface area contributed by atoms with Crippen LogP contribution >= 0.6 is 0 Å². The van der Waals surface area contributed by atoms with Crippen molar-refractivity contribution >= 4 is 0 Å². The van der Waals surface area contributed by atoms with Gasteiger partial charge in [0.05, 0.1) is 13.2 Å². The molecule has 1 aliphatic heterocycles. The maximum Gasteiger partial charge on any atom is 0.151 e. The van der Waals surface area contributed by atoms with Gasteiger partial charge >= 0.3 is 0 Å². The lowest BCUT2D eigenvalue weighted by Gasteiger charge is -1.90. The first-order valence-electron chi connectivity index (χ1n) is 3.29. The maximum atomic E-state index is 7.92. The van der Waals surface area contributed by atoms with Crippen LogP contribution < -0.4 is 0 Å². The van der Waals surface area contributed by atoms with Crippen LogP contribution in [0.25, 0.3) is 0 Å². The molecule has 1 heterocycles. The van der Waals surface area contributed by atoms with Crippen molar-refractivity contribution < 1.29 is 19.7 Å². The minimum Gasteiger partial charge on any atom is -0.368 e. The number of aliphatic hydroxyl groups is 2. The van der Waals surface area contributed by atoms with Crippen LogP contribution in [0.1, 0.15) is 13.3 Å². The summed E-state index contributed by atoms with van der Waals surface area (Å²) >= 11 is 0. The molecule has 62 valence electrons. The van der Waals surface area contributed by atoms with Crippen LogP contribution in [0, 0.1) is 0 Å². The Morgan fingerprint density at radius 1 is 1.30 bits per heavy atom. The van der Waals surface area contributed by atoms with Crippen molar-refractivity contribution in [2.45, 2.75) is 19.6 Å². The molecule has 0 aromatic carbocycles. The van der Waals surface area contributed by atoms with E-state index in [4.69, 9.17) is 19.7 Å². The van der Waals surface area contributed by atoms with Crippen molar-refractivity contribution in [1.29, 1.82) is 0 Å². The molecule has 0 unspecified atom stereocenters. The second kappa shape index (κ2) is 6.95. The van der Waals surface area contributed by atoms with E-state index in [0.717, 1.165) is 13.2 Å². The van der Waals surface area contributed by atoms with Crippen LogP contribution in [0.4, 0.5) is 0 Å². The van der Waals surface area contributed by atoms with Gasteiger partial charge in [0.15, 0.2) is 6.29 Å². The summed E-state index contributed by atoms with van der Waals surface area (Å²) in [5.41, 5.74) is 0. The number of hydrogen-bond donors (Lipinski definition) is 2. The van der Waals surface area contributed by atoms with Gasteiger partial charge in [0, 0.05) is 0 Å². The van der Waals surface area contributed by atoms with E-state index in [1.807, 2.05) is 0 Å². The normalized spacial score (nSPS) is 16.8. The van der Waals surface area contributed by atoms with Crippen molar-refractivity contribution in [1.82, 2.24) is 0 Å². The molecule has 0 atom stereocenters. The van der Waals surface area contributed by atoms with E-state index in [0.29, 0.717) is 13.2 Å². The molecule has 1 saturated heterocycles. The highest BCUT2D eigenvalue weighted by molar-refractivity contribution is 4.28. The summed E-state index contributed by atoms with van der Waals surface area (Å²) in [6, 6.07) is 0. The van der Waals surface area contributed by atoms with Crippen molar-refractivity contribution in [3.63, 3.8) is 0 Å². The Hall–Kier alpha value is -0.160. The molecule has 4 heteroatoms. The Morgan fingerprint density at radius 2 is 1.70 bits per heavy atom. The second-order valence-corrected chi connectivity index (χ2v) is 1.82. The molecule has 10 heavy (non-hydrogen) atoms. The lowest BCUT2D eigenvalue weighted by atomic mass is 10.5. The molecule has 2 N–H and O–H groups in total. The summed E-state index contributed by atoms with van der Waals surface area (Å²) in [4.78, 5) is 0. The molecule has 0 amide bonds. The quantitative estimate of drug-likeness (QED) is 0.504. The first kappa shape index (κ1) is 9.84. The molecular weight excluding hydrogens is 136 g/mol. The summed E-state index contributed by atoms with van der Waals surface area (Å²) < 4.78 is 9.44. The average molecular weight is 150 g/mol. The third-order valence-electron chi connectivity index (χ3n) is 0.904. The van der Waals surface area contributed by atoms with Crippen LogP contribution in [0.2, 0.25) is 0 Å². The van der Waals surface area contributed by atoms with Gasteiger partial charge in [-0.05, 0) is 6.42 Å². The molecule has 0 aromatic rings. The summed E-state index contributed by atoms with van der Waals surface area (Å²) in [7, 11) is 0. The zero-order chi connectivity index (χ0) is 7.82. The van der Waals surface area contributed by atoms with Gasteiger partial charge < -0.3 is 19.7 Å². The second-order valence-electron chi connectivity index (χ2n) is 1.82.